The Hall–Kier alpha value is -1.16. The van der Waals surface area contributed by atoms with E-state index in [2.05, 4.69) is 40.2 Å². The van der Waals surface area contributed by atoms with E-state index in [1.165, 1.54) is 25.9 Å². The number of hydrogen-bond acceptors (Lipinski definition) is 4. The molecule has 4 heteroatoms. The summed E-state index contributed by atoms with van der Waals surface area (Å²) in [6.45, 7) is 5.48. The molecule has 1 aliphatic heterocycles. The number of nitrogens with zero attached hydrogens (tertiary/aromatic N) is 4. The van der Waals surface area contributed by atoms with Crippen LogP contribution in [-0.4, -0.2) is 48.8 Å². The van der Waals surface area contributed by atoms with Crippen LogP contribution in [0.5, 0.6) is 0 Å². The van der Waals surface area contributed by atoms with Gasteiger partial charge in [-0.05, 0) is 51.4 Å². The number of rotatable bonds is 3. The molecule has 0 saturated carbocycles. The highest BCUT2D eigenvalue weighted by Crippen LogP contribution is 2.18. The van der Waals surface area contributed by atoms with Crippen molar-refractivity contribution in [2.45, 2.75) is 19.8 Å². The van der Waals surface area contributed by atoms with Gasteiger partial charge in [-0.25, -0.2) is 0 Å². The molecule has 17 heavy (non-hydrogen) atoms. The van der Waals surface area contributed by atoms with Crippen LogP contribution >= 0.6 is 0 Å². The van der Waals surface area contributed by atoms with E-state index in [0.717, 1.165) is 24.0 Å². The predicted molar refractivity (Wildman–Crippen MR) is 70.3 cm³/mol. The largest absolute Gasteiger partial charge is 0.358 e. The predicted octanol–water partition coefficient (Wildman–Crippen LogP) is 1.56. The number of likely N-dealkylation sites (tertiary alicyclic amines) is 1. The van der Waals surface area contributed by atoms with Crippen molar-refractivity contribution in [3.05, 3.63) is 17.8 Å². The van der Waals surface area contributed by atoms with E-state index >= 15 is 0 Å². The molecule has 0 spiro atoms. The minimum atomic E-state index is 0.752. The topological polar surface area (TPSA) is 32.3 Å². The fourth-order valence-corrected chi connectivity index (χ4v) is 2.50. The van der Waals surface area contributed by atoms with Gasteiger partial charge in [0.05, 0.1) is 5.69 Å². The Labute approximate surface area is 104 Å². The van der Waals surface area contributed by atoms with E-state index in [-0.39, 0.29) is 0 Å². The molecule has 1 aliphatic rings. The monoisotopic (exact) mass is 234 g/mol. The van der Waals surface area contributed by atoms with Crippen LogP contribution in [0.25, 0.3) is 0 Å². The highest BCUT2D eigenvalue weighted by Gasteiger charge is 2.19. The molecular weight excluding hydrogens is 212 g/mol. The zero-order chi connectivity index (χ0) is 12.3. The van der Waals surface area contributed by atoms with Crippen molar-refractivity contribution in [1.29, 1.82) is 0 Å². The van der Waals surface area contributed by atoms with Crippen LogP contribution < -0.4 is 4.90 Å². The van der Waals surface area contributed by atoms with E-state index in [1.807, 2.05) is 13.0 Å². The highest BCUT2D eigenvalue weighted by molar-refractivity contribution is 5.35. The molecular formula is C13H22N4. The minimum Gasteiger partial charge on any atom is -0.358 e. The Morgan fingerprint density at radius 2 is 2.24 bits per heavy atom. The molecule has 0 aliphatic carbocycles. The van der Waals surface area contributed by atoms with Crippen LogP contribution in [-0.2, 0) is 0 Å². The van der Waals surface area contributed by atoms with Crippen molar-refractivity contribution in [3.8, 4) is 0 Å². The Kier molecular flexibility index (Phi) is 3.94. The van der Waals surface area contributed by atoms with Crippen LogP contribution in [0.4, 0.5) is 5.82 Å². The summed E-state index contributed by atoms with van der Waals surface area (Å²) in [6, 6.07) is 4.07. The number of aromatic nitrogens is 2. The van der Waals surface area contributed by atoms with Gasteiger partial charge in [-0.2, -0.15) is 5.10 Å². The highest BCUT2D eigenvalue weighted by atomic mass is 15.2. The summed E-state index contributed by atoms with van der Waals surface area (Å²) in [4.78, 5) is 4.64. The minimum absolute atomic E-state index is 0.752. The third kappa shape index (κ3) is 3.40. The van der Waals surface area contributed by atoms with Crippen molar-refractivity contribution in [2.24, 2.45) is 5.92 Å². The molecule has 4 nitrogen and oxygen atoms in total. The van der Waals surface area contributed by atoms with E-state index < -0.39 is 0 Å². The van der Waals surface area contributed by atoms with Gasteiger partial charge in [0.1, 0.15) is 0 Å². The summed E-state index contributed by atoms with van der Waals surface area (Å²) in [7, 11) is 4.31. The second-order valence-corrected chi connectivity index (χ2v) is 5.18. The van der Waals surface area contributed by atoms with Crippen LogP contribution in [0.2, 0.25) is 0 Å². The van der Waals surface area contributed by atoms with Gasteiger partial charge in [0, 0.05) is 20.1 Å². The Bertz CT molecular complexity index is 349. The average Bonchev–Trinajstić information content (AvgIpc) is 2.29. The number of anilines is 1. The maximum atomic E-state index is 4.23. The molecule has 94 valence electrons. The lowest BCUT2D eigenvalue weighted by atomic mass is 9.98. The molecule has 1 atom stereocenters. The molecule has 1 aromatic heterocycles. The van der Waals surface area contributed by atoms with Gasteiger partial charge in [-0.3, -0.25) is 0 Å². The normalized spacial score (nSPS) is 21.5. The van der Waals surface area contributed by atoms with Crippen molar-refractivity contribution in [1.82, 2.24) is 15.1 Å². The molecule has 1 fully saturated rings. The van der Waals surface area contributed by atoms with Crippen molar-refractivity contribution in [3.63, 3.8) is 0 Å². The van der Waals surface area contributed by atoms with Crippen molar-refractivity contribution < 1.29 is 0 Å². The quantitative estimate of drug-likeness (QED) is 0.794. The first-order valence-corrected chi connectivity index (χ1v) is 6.35. The summed E-state index contributed by atoms with van der Waals surface area (Å²) in [6.07, 6.45) is 2.64. The third-order valence-electron chi connectivity index (χ3n) is 3.43. The first-order valence-electron chi connectivity index (χ1n) is 6.35. The van der Waals surface area contributed by atoms with Crippen molar-refractivity contribution in [2.75, 3.05) is 38.6 Å². The lowest BCUT2D eigenvalue weighted by Crippen LogP contribution is -2.38. The molecule has 1 aromatic rings. The van der Waals surface area contributed by atoms with Crippen LogP contribution in [0, 0.1) is 12.8 Å². The Morgan fingerprint density at radius 1 is 1.41 bits per heavy atom. The fourth-order valence-electron chi connectivity index (χ4n) is 2.50. The fraction of sp³-hybridized carbons (Fsp3) is 0.692. The van der Waals surface area contributed by atoms with E-state index in [0.29, 0.717) is 0 Å². The summed E-state index contributed by atoms with van der Waals surface area (Å²) in [5.74, 6) is 1.73. The zero-order valence-corrected chi connectivity index (χ0v) is 11.1. The smallest absolute Gasteiger partial charge is 0.150 e. The summed E-state index contributed by atoms with van der Waals surface area (Å²) < 4.78 is 0. The second-order valence-electron chi connectivity index (χ2n) is 5.18. The van der Waals surface area contributed by atoms with Gasteiger partial charge in [-0.1, -0.05) is 0 Å². The SMILES string of the molecule is Cc1ccc(N(C)CC2CCCN(C)C2)nn1. The Balaban J connectivity index is 1.91. The third-order valence-corrected chi connectivity index (χ3v) is 3.43. The maximum Gasteiger partial charge on any atom is 0.150 e. The van der Waals surface area contributed by atoms with E-state index in [9.17, 15) is 0 Å². The van der Waals surface area contributed by atoms with Gasteiger partial charge >= 0.3 is 0 Å². The van der Waals surface area contributed by atoms with Gasteiger partial charge in [0.25, 0.3) is 0 Å². The zero-order valence-electron chi connectivity index (χ0n) is 11.1. The second kappa shape index (κ2) is 5.45. The molecule has 0 bridgehead atoms. The standard InChI is InChI=1S/C13H22N4/c1-11-6-7-13(15-14-11)17(3)10-12-5-4-8-16(2)9-12/h6-7,12H,4-5,8-10H2,1-3H3. The molecule has 2 heterocycles. The molecule has 0 amide bonds. The summed E-state index contributed by atoms with van der Waals surface area (Å²) >= 11 is 0. The summed E-state index contributed by atoms with van der Waals surface area (Å²) in [5.41, 5.74) is 0.972. The molecule has 0 radical (unpaired) electrons. The van der Waals surface area contributed by atoms with Gasteiger partial charge in [0.2, 0.25) is 0 Å². The first-order chi connectivity index (χ1) is 8.15. The van der Waals surface area contributed by atoms with Gasteiger partial charge in [-0.15, -0.1) is 5.10 Å². The van der Waals surface area contributed by atoms with Crippen molar-refractivity contribution >= 4 is 5.82 Å². The number of aryl methyl sites for hydroxylation is 1. The number of piperidine rings is 1. The first kappa shape index (κ1) is 12.3. The van der Waals surface area contributed by atoms with Gasteiger partial charge < -0.3 is 9.80 Å². The van der Waals surface area contributed by atoms with E-state index in [1.54, 1.807) is 0 Å². The van der Waals surface area contributed by atoms with Crippen LogP contribution in [0.1, 0.15) is 18.5 Å². The van der Waals surface area contributed by atoms with Gasteiger partial charge in [0.15, 0.2) is 5.82 Å². The summed E-state index contributed by atoms with van der Waals surface area (Å²) in [5, 5.41) is 8.33. The molecule has 0 N–H and O–H groups in total. The van der Waals surface area contributed by atoms with E-state index in [4.69, 9.17) is 0 Å². The maximum absolute atomic E-state index is 4.23. The average molecular weight is 234 g/mol. The number of hydrogen-bond donors (Lipinski definition) is 0. The lowest BCUT2D eigenvalue weighted by Gasteiger charge is -2.32. The van der Waals surface area contributed by atoms with Crippen LogP contribution in [0.15, 0.2) is 12.1 Å². The Morgan fingerprint density at radius 3 is 2.88 bits per heavy atom. The lowest BCUT2D eigenvalue weighted by molar-refractivity contribution is 0.213. The molecule has 1 unspecified atom stereocenters. The molecule has 2 rings (SSSR count). The van der Waals surface area contributed by atoms with Crippen LogP contribution in [0.3, 0.4) is 0 Å². The molecule has 1 saturated heterocycles. The molecule has 0 aromatic carbocycles.